The highest BCUT2D eigenvalue weighted by molar-refractivity contribution is 5.86. The normalized spacial score (nSPS) is 20.3. The lowest BCUT2D eigenvalue weighted by Crippen LogP contribution is -2.51. The second-order valence-electron chi connectivity index (χ2n) is 11.7. The van der Waals surface area contributed by atoms with Gasteiger partial charge in [0.15, 0.2) is 11.5 Å². The number of aliphatic hydroxyl groups is 1. The molecule has 4 N–H and O–H groups in total. The summed E-state index contributed by atoms with van der Waals surface area (Å²) >= 11 is 0. The van der Waals surface area contributed by atoms with Crippen molar-refractivity contribution in [2.24, 2.45) is 11.1 Å². The number of nitrogens with two attached hydrogens (primary N) is 1. The number of aromatic nitrogens is 1. The van der Waals surface area contributed by atoms with Gasteiger partial charge in [-0.1, -0.05) is 26.8 Å². The highest BCUT2D eigenvalue weighted by Crippen LogP contribution is 2.48. The Labute approximate surface area is 244 Å². The molecule has 0 bridgehead atoms. The fourth-order valence-corrected chi connectivity index (χ4v) is 5.38. The van der Waals surface area contributed by atoms with Gasteiger partial charge in [-0.25, -0.2) is 4.98 Å². The quantitative estimate of drug-likeness (QED) is 0.419. The van der Waals surface area contributed by atoms with Crippen LogP contribution in [-0.4, -0.2) is 47.6 Å². The molecule has 1 aromatic carbocycles. The third kappa shape index (κ3) is 7.58. The largest absolute Gasteiger partial charge is 0.486 e. The maximum Gasteiger partial charge on any atom is 0.218 e. The first-order chi connectivity index (χ1) is 16.7. The lowest BCUT2D eigenvalue weighted by molar-refractivity contribution is -0.0420. The molecule has 2 aliphatic heterocycles. The highest BCUT2D eigenvalue weighted by atomic mass is 35.5. The van der Waals surface area contributed by atoms with Crippen molar-refractivity contribution in [1.29, 1.82) is 0 Å². The Hall–Kier alpha value is -1.48. The molecule has 0 unspecified atom stereocenters. The zero-order chi connectivity index (χ0) is 24.6. The fraction of sp³-hybridized carbons (Fsp3) is 0.607. The van der Waals surface area contributed by atoms with E-state index in [1.807, 2.05) is 24.4 Å². The second-order valence-corrected chi connectivity index (χ2v) is 11.7. The summed E-state index contributed by atoms with van der Waals surface area (Å²) in [5.41, 5.74) is 9.82. The topological polar surface area (TPSA) is 98.9 Å². The lowest BCUT2D eigenvalue weighted by Gasteiger charge is -2.47. The predicted octanol–water partition coefficient (Wildman–Crippen LogP) is 4.97. The first kappa shape index (κ1) is 32.7. The number of fused-ring (bicyclic) bond motifs is 2. The van der Waals surface area contributed by atoms with E-state index in [4.69, 9.17) is 24.9 Å². The summed E-state index contributed by atoms with van der Waals surface area (Å²) in [4.78, 5) is 4.71. The van der Waals surface area contributed by atoms with Gasteiger partial charge in [0.25, 0.3) is 0 Å². The summed E-state index contributed by atoms with van der Waals surface area (Å²) in [6.45, 7) is 8.25. The zero-order valence-electron chi connectivity index (χ0n) is 22.4. The van der Waals surface area contributed by atoms with Gasteiger partial charge in [-0.05, 0) is 66.8 Å². The minimum Gasteiger partial charge on any atom is -0.486 e. The van der Waals surface area contributed by atoms with Crippen LogP contribution in [0.15, 0.2) is 30.5 Å². The third-order valence-electron chi connectivity index (χ3n) is 7.35. The second kappa shape index (κ2) is 13.2. The number of aliphatic hydroxyl groups excluding tert-OH is 1. The molecule has 3 aliphatic rings. The van der Waals surface area contributed by atoms with Crippen molar-refractivity contribution in [3.63, 3.8) is 0 Å². The van der Waals surface area contributed by atoms with Crippen molar-refractivity contribution in [2.45, 2.75) is 83.1 Å². The molecule has 1 aliphatic carbocycles. The summed E-state index contributed by atoms with van der Waals surface area (Å²) in [5.74, 6) is 2.25. The lowest BCUT2D eigenvalue weighted by atomic mass is 9.73. The molecule has 1 spiro atoms. The van der Waals surface area contributed by atoms with Crippen LogP contribution in [0.3, 0.4) is 0 Å². The van der Waals surface area contributed by atoms with E-state index in [1.165, 1.54) is 12.0 Å². The number of pyridine rings is 1. The van der Waals surface area contributed by atoms with Crippen molar-refractivity contribution >= 4 is 37.2 Å². The molecular weight excluding hydrogens is 549 g/mol. The molecule has 2 aromatic rings. The summed E-state index contributed by atoms with van der Waals surface area (Å²) in [7, 11) is 0. The van der Waals surface area contributed by atoms with Crippen LogP contribution in [0.2, 0.25) is 0 Å². The van der Waals surface area contributed by atoms with Crippen molar-refractivity contribution in [1.82, 2.24) is 10.3 Å². The Kier molecular flexibility index (Phi) is 11.4. The van der Waals surface area contributed by atoms with Crippen LogP contribution in [0.1, 0.15) is 69.2 Å². The van der Waals surface area contributed by atoms with E-state index in [2.05, 4.69) is 32.2 Å². The Morgan fingerprint density at radius 2 is 1.79 bits per heavy atom. The number of nitrogens with zero attached hydrogens (tertiary/aromatic N) is 1. The Bertz CT molecular complexity index is 1060. The van der Waals surface area contributed by atoms with Gasteiger partial charge < -0.3 is 30.4 Å². The average Bonchev–Trinajstić information content (AvgIpc) is 2.80. The van der Waals surface area contributed by atoms with Gasteiger partial charge in [-0.3, -0.25) is 0 Å². The Morgan fingerprint density at radius 1 is 1.08 bits per heavy atom. The van der Waals surface area contributed by atoms with E-state index in [0.717, 1.165) is 54.2 Å². The molecule has 7 nitrogen and oxygen atoms in total. The van der Waals surface area contributed by atoms with Crippen molar-refractivity contribution in [3.05, 3.63) is 47.2 Å². The predicted molar refractivity (Wildman–Crippen MR) is 157 cm³/mol. The molecule has 0 saturated heterocycles. The highest BCUT2D eigenvalue weighted by Gasteiger charge is 2.46. The number of benzene rings is 1. The number of rotatable bonds is 7. The maximum atomic E-state index is 10.9. The number of ether oxygens (including phenoxy) is 3. The van der Waals surface area contributed by atoms with Gasteiger partial charge in [0, 0.05) is 36.8 Å². The smallest absolute Gasteiger partial charge is 0.218 e. The molecule has 1 fully saturated rings. The maximum absolute atomic E-state index is 10.9. The van der Waals surface area contributed by atoms with Crippen LogP contribution in [-0.2, 0) is 12.8 Å². The van der Waals surface area contributed by atoms with E-state index < -0.39 is 12.1 Å². The molecule has 3 atom stereocenters. The summed E-state index contributed by atoms with van der Waals surface area (Å²) < 4.78 is 17.7. The monoisotopic (exact) mass is 589 g/mol. The minimum absolute atomic E-state index is 0. The molecular formula is C28H42Cl3N3O4. The van der Waals surface area contributed by atoms with E-state index in [1.54, 1.807) is 0 Å². The number of hydrogen-bond acceptors (Lipinski definition) is 7. The fourth-order valence-electron chi connectivity index (χ4n) is 5.38. The molecule has 3 heterocycles. The first-order valence-electron chi connectivity index (χ1n) is 12.9. The van der Waals surface area contributed by atoms with E-state index in [9.17, 15) is 5.11 Å². The van der Waals surface area contributed by atoms with Crippen LogP contribution in [0.5, 0.6) is 17.4 Å². The number of halogens is 3. The number of nitrogens with one attached hydrogen (secondary N) is 1. The van der Waals surface area contributed by atoms with Gasteiger partial charge in [0.1, 0.15) is 18.8 Å². The summed E-state index contributed by atoms with van der Waals surface area (Å²) in [5, 5.41) is 14.5. The van der Waals surface area contributed by atoms with Gasteiger partial charge in [0.05, 0.1) is 6.10 Å². The molecule has 10 heteroatoms. The van der Waals surface area contributed by atoms with Gasteiger partial charge in [-0.15, -0.1) is 37.2 Å². The number of hydrogen-bond donors (Lipinski definition) is 3. The van der Waals surface area contributed by atoms with Crippen LogP contribution in [0, 0.1) is 5.41 Å². The molecule has 1 saturated carbocycles. The third-order valence-corrected chi connectivity index (χ3v) is 7.35. The molecule has 38 heavy (non-hydrogen) atoms. The van der Waals surface area contributed by atoms with Crippen LogP contribution in [0.4, 0.5) is 0 Å². The zero-order valence-corrected chi connectivity index (χ0v) is 24.9. The molecule has 5 rings (SSSR count). The van der Waals surface area contributed by atoms with Crippen molar-refractivity contribution in [3.8, 4) is 17.4 Å². The molecule has 1 aromatic heterocycles. The van der Waals surface area contributed by atoms with Crippen LogP contribution >= 0.6 is 37.2 Å². The Balaban J connectivity index is 0.00000169. The average molecular weight is 591 g/mol. The van der Waals surface area contributed by atoms with Crippen LogP contribution < -0.4 is 25.3 Å². The summed E-state index contributed by atoms with van der Waals surface area (Å²) in [6.07, 6.45) is 6.98. The SMILES string of the molecule is CC(C)(C)Cc1cnc2c(c1)[C@@H](NC[C@@H](O)[C@@H](N)Cc1ccc3c(c1)OCCO3)CC1(CCC1)O2.Cl.Cl.Cl. The molecule has 0 amide bonds. The standard InChI is InChI=1S/C28H39N3O4.3ClH/c1-27(2,3)14-19-11-20-22(15-28(7-4-8-28)35-26(20)31-16-19)30-17-23(32)21(29)12-18-5-6-24-25(13-18)34-10-9-33-24;;;/h5-6,11,13,16,21-23,30,32H,4,7-10,12,14-15,17,29H2,1-3H3;3*1H/t21-,22-,23+;;;/m0.../s1. The van der Waals surface area contributed by atoms with Crippen LogP contribution in [0.25, 0.3) is 0 Å². The van der Waals surface area contributed by atoms with Gasteiger partial charge in [-0.2, -0.15) is 0 Å². The Morgan fingerprint density at radius 3 is 2.45 bits per heavy atom. The van der Waals surface area contributed by atoms with Gasteiger partial charge in [0.2, 0.25) is 5.88 Å². The van der Waals surface area contributed by atoms with E-state index in [0.29, 0.717) is 26.2 Å². The molecule has 0 radical (unpaired) electrons. The summed E-state index contributed by atoms with van der Waals surface area (Å²) in [6, 6.07) is 7.80. The minimum atomic E-state index is -0.683. The van der Waals surface area contributed by atoms with Crippen molar-refractivity contribution < 1.29 is 19.3 Å². The van der Waals surface area contributed by atoms with E-state index in [-0.39, 0.29) is 54.3 Å². The van der Waals surface area contributed by atoms with Crippen molar-refractivity contribution in [2.75, 3.05) is 19.8 Å². The molecule has 214 valence electrons. The van der Waals surface area contributed by atoms with E-state index >= 15 is 0 Å². The first-order valence-corrected chi connectivity index (χ1v) is 12.9. The van der Waals surface area contributed by atoms with Gasteiger partial charge >= 0.3 is 0 Å².